The fourth-order valence-corrected chi connectivity index (χ4v) is 5.90. The molecule has 1 saturated carbocycles. The number of anilines is 1. The molecule has 1 N–H and O–H groups in total. The van der Waals surface area contributed by atoms with Gasteiger partial charge in [0, 0.05) is 17.3 Å². The summed E-state index contributed by atoms with van der Waals surface area (Å²) in [6.07, 6.45) is 12.5. The first-order valence-electron chi connectivity index (χ1n) is 10.5. The summed E-state index contributed by atoms with van der Waals surface area (Å²) >= 11 is 1.90. The van der Waals surface area contributed by atoms with E-state index >= 15 is 0 Å². The second kappa shape index (κ2) is 7.59. The topological polar surface area (TPSA) is 37.8 Å². The molecule has 0 saturated heterocycles. The van der Waals surface area contributed by atoms with Gasteiger partial charge in [-0.25, -0.2) is 9.97 Å². The van der Waals surface area contributed by atoms with Gasteiger partial charge in [0.05, 0.1) is 5.39 Å². The summed E-state index contributed by atoms with van der Waals surface area (Å²) in [7, 11) is 0. The molecule has 3 nitrogen and oxygen atoms in total. The van der Waals surface area contributed by atoms with Crippen LogP contribution in [-0.4, -0.2) is 16.0 Å². The van der Waals surface area contributed by atoms with E-state index in [4.69, 9.17) is 9.97 Å². The van der Waals surface area contributed by atoms with Gasteiger partial charge in [0.25, 0.3) is 0 Å². The molecular weight excluding hydrogens is 350 g/mol. The quantitative estimate of drug-likeness (QED) is 0.575. The number of thiophene rings is 1. The lowest BCUT2D eigenvalue weighted by molar-refractivity contribution is 0.618. The van der Waals surface area contributed by atoms with Gasteiger partial charge in [0.1, 0.15) is 16.5 Å². The predicted molar refractivity (Wildman–Crippen MR) is 114 cm³/mol. The smallest absolute Gasteiger partial charge is 0.139 e. The van der Waals surface area contributed by atoms with Crippen molar-refractivity contribution in [3.05, 3.63) is 52.2 Å². The summed E-state index contributed by atoms with van der Waals surface area (Å²) in [4.78, 5) is 12.8. The lowest BCUT2D eigenvalue weighted by Gasteiger charge is -2.18. The van der Waals surface area contributed by atoms with Gasteiger partial charge >= 0.3 is 0 Å². The molecule has 0 spiro atoms. The van der Waals surface area contributed by atoms with Crippen molar-refractivity contribution in [3.63, 3.8) is 0 Å². The number of hydrogen-bond donors (Lipinski definition) is 1. The van der Waals surface area contributed by atoms with Crippen LogP contribution in [0.3, 0.4) is 0 Å². The number of nitrogens with zero attached hydrogens (tertiary/aromatic N) is 2. The van der Waals surface area contributed by atoms with Gasteiger partial charge in [-0.3, -0.25) is 0 Å². The van der Waals surface area contributed by atoms with E-state index in [9.17, 15) is 0 Å². The van der Waals surface area contributed by atoms with Crippen molar-refractivity contribution in [3.8, 4) is 0 Å². The first-order chi connectivity index (χ1) is 13.4. The van der Waals surface area contributed by atoms with E-state index in [2.05, 4.69) is 35.6 Å². The maximum Gasteiger partial charge on any atom is 0.139 e. The van der Waals surface area contributed by atoms with Crippen LogP contribution >= 0.6 is 11.3 Å². The van der Waals surface area contributed by atoms with Crippen LogP contribution < -0.4 is 5.32 Å². The van der Waals surface area contributed by atoms with Gasteiger partial charge in [-0.2, -0.15) is 0 Å². The fraction of sp³-hybridized carbons (Fsp3) is 0.478. The van der Waals surface area contributed by atoms with E-state index in [1.54, 1.807) is 4.88 Å². The predicted octanol–water partition coefficient (Wildman–Crippen LogP) is 5.91. The maximum absolute atomic E-state index is 5.06. The molecule has 0 atom stereocenters. The molecule has 2 aliphatic carbocycles. The Labute approximate surface area is 165 Å². The highest BCUT2D eigenvalue weighted by Gasteiger charge is 2.24. The third-order valence-corrected chi connectivity index (χ3v) is 7.20. The zero-order valence-corrected chi connectivity index (χ0v) is 16.7. The minimum atomic E-state index is 0.562. The first kappa shape index (κ1) is 17.2. The zero-order valence-electron chi connectivity index (χ0n) is 15.8. The number of benzene rings is 1. The molecule has 4 heteroatoms. The molecule has 2 heterocycles. The molecule has 2 aliphatic rings. The van der Waals surface area contributed by atoms with Gasteiger partial charge in [0.2, 0.25) is 0 Å². The number of fused-ring (bicyclic) bond motifs is 3. The molecule has 0 aliphatic heterocycles. The minimum absolute atomic E-state index is 0.562. The molecule has 5 rings (SSSR count). The SMILES string of the molecule is c1ccc(Cc2nc(NC3CCCCCC3)c3c4c(sc3n2)CCC4)cc1. The molecule has 0 radical (unpaired) electrons. The van der Waals surface area contributed by atoms with E-state index in [1.807, 2.05) is 11.3 Å². The van der Waals surface area contributed by atoms with Crippen LogP contribution in [0.5, 0.6) is 0 Å². The molecule has 0 amide bonds. The molecule has 3 aromatic rings. The van der Waals surface area contributed by atoms with Crippen molar-refractivity contribution in [1.29, 1.82) is 0 Å². The molecule has 0 unspecified atom stereocenters. The summed E-state index contributed by atoms with van der Waals surface area (Å²) in [5.41, 5.74) is 2.80. The molecular formula is C23H27N3S. The first-order valence-corrected chi connectivity index (χ1v) is 11.3. The van der Waals surface area contributed by atoms with Crippen LogP contribution in [0.1, 0.15) is 66.8 Å². The van der Waals surface area contributed by atoms with Crippen molar-refractivity contribution in [2.75, 3.05) is 5.32 Å². The summed E-state index contributed by atoms with van der Waals surface area (Å²) in [6.45, 7) is 0. The monoisotopic (exact) mass is 377 g/mol. The van der Waals surface area contributed by atoms with E-state index in [1.165, 1.54) is 79.1 Å². The second-order valence-corrected chi connectivity index (χ2v) is 9.10. The summed E-state index contributed by atoms with van der Waals surface area (Å²) < 4.78 is 0. The molecule has 140 valence electrons. The normalized spacial score (nSPS) is 17.8. The average Bonchev–Trinajstić information content (AvgIpc) is 3.15. The Morgan fingerprint density at radius 1 is 0.926 bits per heavy atom. The molecule has 1 fully saturated rings. The van der Waals surface area contributed by atoms with Crippen molar-refractivity contribution >= 4 is 27.4 Å². The molecule has 1 aromatic carbocycles. The maximum atomic E-state index is 5.06. The van der Waals surface area contributed by atoms with Crippen molar-refractivity contribution in [2.45, 2.75) is 70.3 Å². The van der Waals surface area contributed by atoms with Crippen LogP contribution in [0.2, 0.25) is 0 Å². The number of nitrogens with one attached hydrogen (secondary N) is 1. The van der Waals surface area contributed by atoms with Crippen molar-refractivity contribution < 1.29 is 0 Å². The molecule has 2 aromatic heterocycles. The molecule has 0 bridgehead atoms. The van der Waals surface area contributed by atoms with E-state index in [0.29, 0.717) is 6.04 Å². The van der Waals surface area contributed by atoms with Crippen molar-refractivity contribution in [1.82, 2.24) is 9.97 Å². The van der Waals surface area contributed by atoms with Crippen LogP contribution in [0.25, 0.3) is 10.2 Å². The highest BCUT2D eigenvalue weighted by molar-refractivity contribution is 7.19. The van der Waals surface area contributed by atoms with Gasteiger partial charge < -0.3 is 5.32 Å². The minimum Gasteiger partial charge on any atom is -0.367 e. The summed E-state index contributed by atoms with van der Waals surface area (Å²) in [6, 6.07) is 11.2. The van der Waals surface area contributed by atoms with E-state index < -0.39 is 0 Å². The highest BCUT2D eigenvalue weighted by atomic mass is 32.1. The van der Waals surface area contributed by atoms with Crippen LogP contribution in [-0.2, 0) is 19.3 Å². The summed E-state index contributed by atoms with van der Waals surface area (Å²) in [5.74, 6) is 2.06. The summed E-state index contributed by atoms with van der Waals surface area (Å²) in [5, 5.41) is 5.19. The Morgan fingerprint density at radius 3 is 2.56 bits per heavy atom. The highest BCUT2D eigenvalue weighted by Crippen LogP contribution is 2.40. The average molecular weight is 378 g/mol. The Bertz CT molecular complexity index is 924. The van der Waals surface area contributed by atoms with Crippen LogP contribution in [0.4, 0.5) is 5.82 Å². The fourth-order valence-electron chi connectivity index (χ4n) is 4.62. The van der Waals surface area contributed by atoms with Gasteiger partial charge in [-0.05, 0) is 43.2 Å². The Balaban J connectivity index is 1.53. The largest absolute Gasteiger partial charge is 0.367 e. The van der Waals surface area contributed by atoms with Crippen LogP contribution in [0, 0.1) is 0 Å². The lowest BCUT2D eigenvalue weighted by atomic mass is 10.1. The van der Waals surface area contributed by atoms with Gasteiger partial charge in [0.15, 0.2) is 0 Å². The van der Waals surface area contributed by atoms with Gasteiger partial charge in [-0.15, -0.1) is 11.3 Å². The third kappa shape index (κ3) is 3.60. The number of rotatable bonds is 4. The van der Waals surface area contributed by atoms with Gasteiger partial charge in [-0.1, -0.05) is 56.0 Å². The number of aromatic nitrogens is 2. The van der Waals surface area contributed by atoms with Crippen LogP contribution in [0.15, 0.2) is 30.3 Å². The number of hydrogen-bond acceptors (Lipinski definition) is 4. The Kier molecular flexibility index (Phi) is 4.83. The lowest BCUT2D eigenvalue weighted by Crippen LogP contribution is -2.20. The standard InChI is InChI=1S/C23H27N3S/c1-2-7-12-17(11-6-1)24-22-21-18-13-8-14-19(18)27-23(21)26-20(25-22)15-16-9-4-3-5-10-16/h3-5,9-10,17H,1-2,6-8,11-15H2,(H,24,25,26). The number of aryl methyl sites for hydroxylation is 2. The zero-order chi connectivity index (χ0) is 18.1. The Hall–Kier alpha value is -1.94. The van der Waals surface area contributed by atoms with E-state index in [0.717, 1.165) is 18.1 Å². The third-order valence-electron chi connectivity index (χ3n) is 6.01. The van der Waals surface area contributed by atoms with Crippen molar-refractivity contribution in [2.24, 2.45) is 0 Å². The second-order valence-electron chi connectivity index (χ2n) is 8.02. The molecule has 27 heavy (non-hydrogen) atoms. The Morgan fingerprint density at radius 2 is 1.74 bits per heavy atom. The van der Waals surface area contributed by atoms with E-state index in [-0.39, 0.29) is 0 Å².